The van der Waals surface area contributed by atoms with Crippen molar-refractivity contribution >= 4 is 0 Å². The Hall–Kier alpha value is -2.00. The second-order valence-corrected chi connectivity index (χ2v) is 4.76. The predicted octanol–water partition coefficient (Wildman–Crippen LogP) is 2.66. The van der Waals surface area contributed by atoms with E-state index in [-0.39, 0.29) is 11.8 Å². The Bertz CT molecular complexity index is 568. The smallest absolute Gasteiger partial charge is 0.123 e. The largest absolute Gasteiger partial charge is 0.508 e. The summed E-state index contributed by atoms with van der Waals surface area (Å²) in [6.45, 7) is 1.55. The fraction of sp³-hybridized carbons (Fsp3) is 0.250. The molecule has 3 nitrogen and oxygen atoms in total. The van der Waals surface area contributed by atoms with E-state index in [1.807, 2.05) is 6.07 Å². The molecule has 19 heavy (non-hydrogen) atoms. The van der Waals surface area contributed by atoms with Gasteiger partial charge in [0.2, 0.25) is 0 Å². The lowest BCUT2D eigenvalue weighted by molar-refractivity contribution is 0.260. The zero-order chi connectivity index (χ0) is 13.1. The van der Waals surface area contributed by atoms with Crippen LogP contribution in [0.25, 0.3) is 0 Å². The van der Waals surface area contributed by atoms with Crippen LogP contribution in [0.2, 0.25) is 0 Å². The van der Waals surface area contributed by atoms with Crippen molar-refractivity contribution < 1.29 is 9.84 Å². The van der Waals surface area contributed by atoms with Crippen LogP contribution >= 0.6 is 0 Å². The van der Waals surface area contributed by atoms with Crippen LogP contribution in [0.15, 0.2) is 48.5 Å². The molecule has 0 fully saturated rings. The fourth-order valence-electron chi connectivity index (χ4n) is 2.49. The van der Waals surface area contributed by atoms with E-state index in [1.54, 1.807) is 18.2 Å². The van der Waals surface area contributed by atoms with Crippen LogP contribution in [0.4, 0.5) is 0 Å². The van der Waals surface area contributed by atoms with Gasteiger partial charge < -0.3 is 15.2 Å². The number of ether oxygens (including phenoxy) is 1. The highest BCUT2D eigenvalue weighted by atomic mass is 16.5. The number of hydrogen-bond donors (Lipinski definition) is 2. The maximum atomic E-state index is 9.41. The molecule has 1 atom stereocenters. The van der Waals surface area contributed by atoms with Crippen LogP contribution in [0.5, 0.6) is 11.5 Å². The van der Waals surface area contributed by atoms with Gasteiger partial charge in [-0.25, -0.2) is 0 Å². The van der Waals surface area contributed by atoms with Crippen molar-refractivity contribution in [1.82, 2.24) is 5.32 Å². The Morgan fingerprint density at radius 2 is 2.05 bits per heavy atom. The summed E-state index contributed by atoms with van der Waals surface area (Å²) in [5.41, 5.74) is 2.71. The third kappa shape index (κ3) is 2.71. The van der Waals surface area contributed by atoms with Crippen molar-refractivity contribution in [2.75, 3.05) is 13.2 Å². The maximum absolute atomic E-state index is 9.41. The van der Waals surface area contributed by atoms with Gasteiger partial charge >= 0.3 is 0 Å². The minimum atomic E-state index is 0.215. The number of nitrogens with one attached hydrogen (secondary N) is 1. The van der Waals surface area contributed by atoms with E-state index < -0.39 is 0 Å². The molecule has 0 bridgehead atoms. The molecule has 3 heteroatoms. The number of rotatable bonds is 3. The van der Waals surface area contributed by atoms with Crippen molar-refractivity contribution in [1.29, 1.82) is 0 Å². The quantitative estimate of drug-likeness (QED) is 0.886. The first-order valence-corrected chi connectivity index (χ1v) is 6.56. The monoisotopic (exact) mass is 255 g/mol. The number of aromatic hydroxyl groups is 1. The zero-order valence-corrected chi connectivity index (χ0v) is 10.7. The summed E-state index contributed by atoms with van der Waals surface area (Å²) < 4.78 is 5.76. The fourth-order valence-corrected chi connectivity index (χ4v) is 2.49. The van der Waals surface area contributed by atoms with Crippen LogP contribution in [-0.4, -0.2) is 18.3 Å². The summed E-state index contributed by atoms with van der Waals surface area (Å²) in [7, 11) is 0. The molecular weight excluding hydrogens is 238 g/mol. The number of hydrogen-bond acceptors (Lipinski definition) is 3. The normalized spacial score (nSPS) is 17.8. The van der Waals surface area contributed by atoms with Gasteiger partial charge in [-0.1, -0.05) is 30.3 Å². The van der Waals surface area contributed by atoms with Crippen LogP contribution in [0.3, 0.4) is 0 Å². The summed E-state index contributed by atoms with van der Waals surface area (Å²) in [4.78, 5) is 0. The number of fused-ring (bicyclic) bond motifs is 1. The molecule has 0 spiro atoms. The van der Waals surface area contributed by atoms with Crippen molar-refractivity contribution in [2.45, 2.75) is 12.5 Å². The topological polar surface area (TPSA) is 41.5 Å². The van der Waals surface area contributed by atoms with E-state index in [2.05, 4.69) is 29.6 Å². The lowest BCUT2D eigenvalue weighted by atomic mass is 9.95. The first-order valence-electron chi connectivity index (χ1n) is 6.56. The second-order valence-electron chi connectivity index (χ2n) is 4.76. The van der Waals surface area contributed by atoms with Gasteiger partial charge in [-0.2, -0.15) is 0 Å². The molecule has 0 aromatic heterocycles. The van der Waals surface area contributed by atoms with Crippen LogP contribution in [0.1, 0.15) is 17.2 Å². The Morgan fingerprint density at radius 3 is 2.95 bits per heavy atom. The molecular formula is C16H17NO2. The van der Waals surface area contributed by atoms with E-state index in [0.717, 1.165) is 13.0 Å². The third-order valence-electron chi connectivity index (χ3n) is 3.45. The molecule has 1 heterocycles. The molecule has 0 amide bonds. The zero-order valence-electron chi connectivity index (χ0n) is 10.7. The number of benzene rings is 2. The van der Waals surface area contributed by atoms with E-state index in [1.165, 1.54) is 11.1 Å². The van der Waals surface area contributed by atoms with Gasteiger partial charge in [0.05, 0.1) is 6.04 Å². The Labute approximate surface area is 112 Å². The van der Waals surface area contributed by atoms with Gasteiger partial charge in [-0.3, -0.25) is 0 Å². The first kappa shape index (κ1) is 12.1. The molecule has 0 radical (unpaired) electrons. The van der Waals surface area contributed by atoms with E-state index in [9.17, 15) is 5.11 Å². The molecule has 1 aliphatic rings. The SMILES string of the molecule is Oc1cccc(OCC2NCCc3ccccc32)c1. The predicted molar refractivity (Wildman–Crippen MR) is 74.5 cm³/mol. The molecule has 3 rings (SSSR count). The highest BCUT2D eigenvalue weighted by Gasteiger charge is 2.19. The standard InChI is InChI=1S/C16H17NO2/c18-13-5-3-6-14(10-13)19-11-16-15-7-2-1-4-12(15)8-9-17-16/h1-7,10,16-18H,8-9,11H2. The van der Waals surface area contributed by atoms with E-state index >= 15 is 0 Å². The summed E-state index contributed by atoms with van der Waals surface area (Å²) in [5, 5.41) is 12.9. The molecule has 0 aliphatic carbocycles. The lowest BCUT2D eigenvalue weighted by Gasteiger charge is -2.26. The minimum Gasteiger partial charge on any atom is -0.508 e. The third-order valence-corrected chi connectivity index (χ3v) is 3.45. The van der Waals surface area contributed by atoms with E-state index in [4.69, 9.17) is 4.74 Å². The average molecular weight is 255 g/mol. The molecule has 2 aromatic rings. The Kier molecular flexibility index (Phi) is 3.38. The molecule has 0 saturated carbocycles. The first-order chi connectivity index (χ1) is 9.33. The van der Waals surface area contributed by atoms with Gasteiger partial charge in [0, 0.05) is 6.07 Å². The van der Waals surface area contributed by atoms with Crippen molar-refractivity contribution in [2.24, 2.45) is 0 Å². The van der Waals surface area contributed by atoms with Gasteiger partial charge in [0.1, 0.15) is 18.1 Å². The molecule has 1 aliphatic heterocycles. The van der Waals surface area contributed by atoms with Crippen LogP contribution in [0, 0.1) is 0 Å². The van der Waals surface area contributed by atoms with Crippen molar-refractivity contribution in [3.05, 3.63) is 59.7 Å². The van der Waals surface area contributed by atoms with Gasteiger partial charge in [0.15, 0.2) is 0 Å². The van der Waals surface area contributed by atoms with Crippen molar-refractivity contribution in [3.8, 4) is 11.5 Å². The molecule has 2 N–H and O–H groups in total. The Balaban J connectivity index is 1.71. The van der Waals surface area contributed by atoms with Gasteiger partial charge in [-0.05, 0) is 36.2 Å². The molecule has 1 unspecified atom stereocenters. The van der Waals surface area contributed by atoms with E-state index in [0.29, 0.717) is 12.4 Å². The Morgan fingerprint density at radius 1 is 1.16 bits per heavy atom. The highest BCUT2D eigenvalue weighted by Crippen LogP contribution is 2.24. The minimum absolute atomic E-state index is 0.215. The summed E-state index contributed by atoms with van der Waals surface area (Å²) in [6, 6.07) is 15.6. The van der Waals surface area contributed by atoms with Crippen LogP contribution < -0.4 is 10.1 Å². The molecule has 98 valence electrons. The highest BCUT2D eigenvalue weighted by molar-refractivity contribution is 5.34. The number of phenols is 1. The summed E-state index contributed by atoms with van der Waals surface area (Å²) in [5.74, 6) is 0.930. The van der Waals surface area contributed by atoms with Gasteiger partial charge in [-0.15, -0.1) is 0 Å². The average Bonchev–Trinajstić information content (AvgIpc) is 2.45. The lowest BCUT2D eigenvalue weighted by Crippen LogP contribution is -2.33. The number of phenolic OH excluding ortho intramolecular Hbond substituents is 1. The van der Waals surface area contributed by atoms with Crippen molar-refractivity contribution in [3.63, 3.8) is 0 Å². The second kappa shape index (κ2) is 5.33. The maximum Gasteiger partial charge on any atom is 0.123 e. The molecule has 0 saturated heterocycles. The van der Waals surface area contributed by atoms with Gasteiger partial charge in [0.25, 0.3) is 0 Å². The summed E-state index contributed by atoms with van der Waals surface area (Å²) >= 11 is 0. The summed E-state index contributed by atoms with van der Waals surface area (Å²) in [6.07, 6.45) is 1.07. The van der Waals surface area contributed by atoms with Crippen LogP contribution in [-0.2, 0) is 6.42 Å². The molecule has 2 aromatic carbocycles.